The van der Waals surface area contributed by atoms with E-state index in [4.69, 9.17) is 0 Å². The van der Waals surface area contributed by atoms with Crippen LogP contribution in [0, 0.1) is 34.3 Å². The SMILES string of the molecule is Cc1ncc([N+](=O)[O-])n1CC(=O)Nc1sc2c(c1C#N)CCC(C(F)(F)F)C2. The fraction of sp³-hybridized carbons (Fsp3) is 0.438. The Labute approximate surface area is 160 Å². The van der Waals surface area contributed by atoms with Crippen molar-refractivity contribution in [3.8, 4) is 6.07 Å². The number of hydrogen-bond acceptors (Lipinski definition) is 6. The van der Waals surface area contributed by atoms with Crippen molar-refractivity contribution in [1.82, 2.24) is 9.55 Å². The van der Waals surface area contributed by atoms with Crippen LogP contribution in [-0.4, -0.2) is 26.6 Å². The van der Waals surface area contributed by atoms with Gasteiger partial charge < -0.3 is 15.4 Å². The molecular formula is C16H14F3N5O3S. The molecule has 1 amide bonds. The maximum absolute atomic E-state index is 13.0. The van der Waals surface area contributed by atoms with Gasteiger partial charge in [0.05, 0.1) is 11.5 Å². The zero-order valence-electron chi connectivity index (χ0n) is 14.5. The topological polar surface area (TPSA) is 114 Å². The Kier molecular flexibility index (Phi) is 5.12. The number of nitriles is 1. The van der Waals surface area contributed by atoms with E-state index >= 15 is 0 Å². The van der Waals surface area contributed by atoms with E-state index in [0.29, 0.717) is 10.4 Å². The van der Waals surface area contributed by atoms with Crippen molar-refractivity contribution >= 4 is 28.1 Å². The van der Waals surface area contributed by atoms with Gasteiger partial charge in [-0.05, 0) is 29.7 Å². The lowest BCUT2D eigenvalue weighted by molar-refractivity contribution is -0.392. The molecule has 12 heteroatoms. The first-order valence-electron chi connectivity index (χ1n) is 8.19. The van der Waals surface area contributed by atoms with E-state index in [0.717, 1.165) is 22.1 Å². The average Bonchev–Trinajstić information content (AvgIpc) is 3.13. The van der Waals surface area contributed by atoms with Gasteiger partial charge in [-0.3, -0.25) is 4.79 Å². The smallest absolute Gasteiger partial charge is 0.358 e. The number of alkyl halides is 3. The Balaban J connectivity index is 1.81. The summed E-state index contributed by atoms with van der Waals surface area (Å²) in [7, 11) is 0. The molecule has 28 heavy (non-hydrogen) atoms. The van der Waals surface area contributed by atoms with Gasteiger partial charge >= 0.3 is 12.0 Å². The Hall–Kier alpha value is -2.94. The van der Waals surface area contributed by atoms with E-state index in [9.17, 15) is 33.3 Å². The van der Waals surface area contributed by atoms with E-state index in [1.807, 2.05) is 6.07 Å². The third kappa shape index (κ3) is 3.70. The van der Waals surface area contributed by atoms with Gasteiger partial charge in [0.1, 0.15) is 17.3 Å². The lowest BCUT2D eigenvalue weighted by Crippen LogP contribution is -2.28. The van der Waals surface area contributed by atoms with Crippen LogP contribution in [0.3, 0.4) is 0 Å². The highest BCUT2D eigenvalue weighted by Crippen LogP contribution is 2.43. The van der Waals surface area contributed by atoms with Crippen LogP contribution in [0.2, 0.25) is 0 Å². The summed E-state index contributed by atoms with van der Waals surface area (Å²) in [6, 6.07) is 1.95. The summed E-state index contributed by atoms with van der Waals surface area (Å²) in [6.07, 6.45) is -3.49. The molecule has 0 saturated heterocycles. The normalized spacial score (nSPS) is 16.3. The maximum Gasteiger partial charge on any atom is 0.392 e. The molecule has 2 aromatic heterocycles. The highest BCUT2D eigenvalue weighted by Gasteiger charge is 2.42. The quantitative estimate of drug-likeness (QED) is 0.610. The maximum atomic E-state index is 13.0. The van der Waals surface area contributed by atoms with Crippen LogP contribution in [0.15, 0.2) is 6.20 Å². The third-order valence-electron chi connectivity index (χ3n) is 4.62. The molecule has 0 spiro atoms. The molecule has 0 fully saturated rings. The number of nitrogens with zero attached hydrogens (tertiary/aromatic N) is 4. The average molecular weight is 413 g/mol. The van der Waals surface area contributed by atoms with E-state index in [2.05, 4.69) is 10.3 Å². The number of anilines is 1. The van der Waals surface area contributed by atoms with Gasteiger partial charge in [-0.25, -0.2) is 9.55 Å². The molecule has 1 atom stereocenters. The Bertz CT molecular complexity index is 989. The summed E-state index contributed by atoms with van der Waals surface area (Å²) in [5.74, 6) is -2.19. The number of carbonyl (C=O) groups is 1. The highest BCUT2D eigenvalue weighted by atomic mass is 32.1. The number of aromatic nitrogens is 2. The van der Waals surface area contributed by atoms with Gasteiger partial charge in [-0.1, -0.05) is 0 Å². The van der Waals surface area contributed by atoms with Crippen LogP contribution in [0.4, 0.5) is 24.0 Å². The molecule has 148 valence electrons. The number of aryl methyl sites for hydroxylation is 1. The lowest BCUT2D eigenvalue weighted by atomic mass is 9.87. The summed E-state index contributed by atoms with van der Waals surface area (Å²) in [4.78, 5) is 26.9. The van der Waals surface area contributed by atoms with Gasteiger partial charge in [-0.15, -0.1) is 11.3 Å². The largest absolute Gasteiger partial charge is 0.392 e. The van der Waals surface area contributed by atoms with Crippen LogP contribution < -0.4 is 5.32 Å². The number of hydrogen-bond donors (Lipinski definition) is 1. The third-order valence-corrected chi connectivity index (χ3v) is 5.79. The summed E-state index contributed by atoms with van der Waals surface area (Å²) >= 11 is 0.949. The fourth-order valence-corrected chi connectivity index (χ4v) is 4.47. The highest BCUT2D eigenvalue weighted by molar-refractivity contribution is 7.16. The summed E-state index contributed by atoms with van der Waals surface area (Å²) < 4.78 is 40.1. The van der Waals surface area contributed by atoms with Crippen molar-refractivity contribution in [2.75, 3.05) is 5.32 Å². The number of halogens is 3. The zero-order valence-corrected chi connectivity index (χ0v) is 15.4. The molecular weight excluding hydrogens is 399 g/mol. The number of nitro groups is 1. The number of carbonyl (C=O) groups excluding carboxylic acids is 1. The molecule has 1 aliphatic carbocycles. The monoisotopic (exact) mass is 413 g/mol. The molecule has 2 heterocycles. The van der Waals surface area contributed by atoms with Gasteiger partial charge in [0.15, 0.2) is 12.4 Å². The summed E-state index contributed by atoms with van der Waals surface area (Å²) in [5.41, 5.74) is 0.693. The zero-order chi connectivity index (χ0) is 20.6. The standard InChI is InChI=1S/C16H14F3N5O3S/c1-8-21-6-14(24(26)27)23(8)7-13(25)22-15-11(5-20)10-3-2-9(16(17,18)19)4-12(10)28-15/h6,9H,2-4,7H2,1H3,(H,22,25). The van der Waals surface area contributed by atoms with Gasteiger partial charge in [0.2, 0.25) is 0 Å². The summed E-state index contributed by atoms with van der Waals surface area (Å²) in [5, 5.41) is 23.1. The number of rotatable bonds is 4. The number of imidazole rings is 1. The summed E-state index contributed by atoms with van der Waals surface area (Å²) in [6.45, 7) is 1.10. The first-order chi connectivity index (χ1) is 13.1. The van der Waals surface area contributed by atoms with Crippen LogP contribution in [0.5, 0.6) is 0 Å². The second-order valence-corrected chi connectivity index (χ2v) is 7.46. The van der Waals surface area contributed by atoms with Crippen LogP contribution in [-0.2, 0) is 24.2 Å². The molecule has 0 radical (unpaired) electrons. The molecule has 0 bridgehead atoms. The molecule has 0 aliphatic heterocycles. The van der Waals surface area contributed by atoms with Crippen LogP contribution in [0.25, 0.3) is 0 Å². The van der Waals surface area contributed by atoms with Crippen molar-refractivity contribution in [3.63, 3.8) is 0 Å². The van der Waals surface area contributed by atoms with E-state index in [1.165, 1.54) is 6.92 Å². The van der Waals surface area contributed by atoms with E-state index in [-0.39, 0.29) is 41.5 Å². The predicted molar refractivity (Wildman–Crippen MR) is 92.9 cm³/mol. The van der Waals surface area contributed by atoms with Gasteiger partial charge in [-0.2, -0.15) is 18.4 Å². The Morgan fingerprint density at radius 2 is 2.29 bits per heavy atom. The van der Waals surface area contributed by atoms with E-state index < -0.39 is 29.5 Å². The van der Waals surface area contributed by atoms with Gasteiger partial charge in [0, 0.05) is 11.8 Å². The first kappa shape index (κ1) is 19.8. The van der Waals surface area contributed by atoms with Crippen LogP contribution in [0.1, 0.15) is 28.2 Å². The van der Waals surface area contributed by atoms with Crippen molar-refractivity contribution in [3.05, 3.63) is 38.1 Å². The van der Waals surface area contributed by atoms with Crippen molar-refractivity contribution in [2.24, 2.45) is 5.92 Å². The fourth-order valence-electron chi connectivity index (χ4n) is 3.18. The number of nitrogens with one attached hydrogen (secondary N) is 1. The van der Waals surface area contributed by atoms with E-state index in [1.54, 1.807) is 0 Å². The second kappa shape index (κ2) is 7.23. The Morgan fingerprint density at radius 3 is 2.89 bits per heavy atom. The van der Waals surface area contributed by atoms with Crippen LogP contribution >= 0.6 is 11.3 Å². The molecule has 0 saturated carbocycles. The minimum Gasteiger partial charge on any atom is -0.358 e. The van der Waals surface area contributed by atoms with Crippen molar-refractivity contribution in [1.29, 1.82) is 5.26 Å². The molecule has 1 aliphatic rings. The minimum absolute atomic E-state index is 0.101. The molecule has 3 rings (SSSR count). The molecule has 1 N–H and O–H groups in total. The number of thiophene rings is 1. The second-order valence-electron chi connectivity index (χ2n) is 6.36. The minimum atomic E-state index is -4.31. The van der Waals surface area contributed by atoms with Gasteiger partial charge in [0.25, 0.3) is 5.91 Å². The molecule has 0 aromatic carbocycles. The Morgan fingerprint density at radius 1 is 1.57 bits per heavy atom. The molecule has 2 aromatic rings. The number of amides is 1. The van der Waals surface area contributed by atoms with Crippen molar-refractivity contribution in [2.45, 2.75) is 38.9 Å². The number of fused-ring (bicyclic) bond motifs is 1. The molecule has 8 nitrogen and oxygen atoms in total. The lowest BCUT2D eigenvalue weighted by Gasteiger charge is -2.24. The molecule has 1 unspecified atom stereocenters. The van der Waals surface area contributed by atoms with Crippen molar-refractivity contribution < 1.29 is 22.9 Å². The predicted octanol–water partition coefficient (Wildman–Crippen LogP) is 3.34. The first-order valence-corrected chi connectivity index (χ1v) is 9.01.